The van der Waals surface area contributed by atoms with Crippen molar-refractivity contribution in [3.05, 3.63) is 30.9 Å². The molecule has 2 aromatic heterocycles. The van der Waals surface area contributed by atoms with Crippen molar-refractivity contribution in [3.8, 4) is 0 Å². The van der Waals surface area contributed by atoms with Crippen molar-refractivity contribution in [2.24, 2.45) is 0 Å². The van der Waals surface area contributed by atoms with Gasteiger partial charge in [0, 0.05) is 18.6 Å². The number of imidazole rings is 1. The van der Waals surface area contributed by atoms with Crippen molar-refractivity contribution in [2.45, 2.75) is 0 Å². The average Bonchev–Trinajstić information content (AvgIpc) is 2.33. The van der Waals surface area contributed by atoms with Gasteiger partial charge in [0.15, 0.2) is 0 Å². The van der Waals surface area contributed by atoms with Gasteiger partial charge in [0.25, 0.3) is 0 Å². The van der Waals surface area contributed by atoms with Gasteiger partial charge in [-0.1, -0.05) is 0 Å². The van der Waals surface area contributed by atoms with Crippen LogP contribution in [0.1, 0.15) is 0 Å². The van der Waals surface area contributed by atoms with E-state index in [4.69, 9.17) is 0 Å². The van der Waals surface area contributed by atoms with E-state index in [1.165, 1.54) is 0 Å². The summed E-state index contributed by atoms with van der Waals surface area (Å²) in [6, 6.07) is 1.74. The molecule has 0 aliphatic rings. The van der Waals surface area contributed by atoms with Gasteiger partial charge in [-0.2, -0.15) is 0 Å². The molecule has 0 fully saturated rings. The minimum Gasteiger partial charge on any atom is -0.291 e. The van der Waals surface area contributed by atoms with Crippen molar-refractivity contribution >= 4 is 5.78 Å². The number of rotatable bonds is 0. The molecule has 0 aromatic carbocycles. The van der Waals surface area contributed by atoms with Crippen LogP contribution in [0.3, 0.4) is 0 Å². The maximum Gasteiger partial charge on any atom is 0.234 e. The van der Waals surface area contributed by atoms with Gasteiger partial charge in [0.2, 0.25) is 5.78 Å². The molecule has 1 radical (unpaired) electrons. The van der Waals surface area contributed by atoms with Crippen molar-refractivity contribution in [3.63, 3.8) is 0 Å². The molecule has 3 heteroatoms. The van der Waals surface area contributed by atoms with Gasteiger partial charge in [0.1, 0.15) is 0 Å². The molecule has 0 N–H and O–H groups in total. The van der Waals surface area contributed by atoms with Gasteiger partial charge >= 0.3 is 0 Å². The van der Waals surface area contributed by atoms with E-state index in [-0.39, 0.29) is 0 Å². The Labute approximate surface area is 52.0 Å². The summed E-state index contributed by atoms with van der Waals surface area (Å²) in [6.45, 7) is 0. The monoisotopic (exact) mass is 118 g/mol. The fraction of sp³-hybridized carbons (Fsp3) is 0. The Morgan fingerprint density at radius 3 is 3.33 bits per heavy atom. The third-order valence-corrected chi connectivity index (χ3v) is 1.12. The normalized spacial score (nSPS) is 10.2. The molecule has 2 rings (SSSR count). The Morgan fingerprint density at radius 1 is 1.44 bits per heavy atom. The zero-order chi connectivity index (χ0) is 6.10. The van der Waals surface area contributed by atoms with Gasteiger partial charge < -0.3 is 0 Å². The summed E-state index contributed by atoms with van der Waals surface area (Å²) >= 11 is 0. The second-order valence-electron chi connectivity index (χ2n) is 1.69. The van der Waals surface area contributed by atoms with E-state index in [1.807, 2.05) is 16.8 Å². The van der Waals surface area contributed by atoms with Crippen LogP contribution in [0.25, 0.3) is 5.78 Å². The summed E-state index contributed by atoms with van der Waals surface area (Å²) in [7, 11) is 0. The van der Waals surface area contributed by atoms with Crippen LogP contribution in [0.2, 0.25) is 0 Å². The third kappa shape index (κ3) is 0.579. The highest BCUT2D eigenvalue weighted by molar-refractivity contribution is 5.24. The molecule has 2 heterocycles. The Balaban J connectivity index is 2.95. The Bertz CT molecular complexity index is 282. The van der Waals surface area contributed by atoms with E-state index >= 15 is 0 Å². The zero-order valence-electron chi connectivity index (χ0n) is 4.65. The summed E-state index contributed by atoms with van der Waals surface area (Å²) in [6.07, 6.45) is 8.09. The molecular weight excluding hydrogens is 114 g/mol. The Morgan fingerprint density at radius 2 is 2.44 bits per heavy atom. The lowest BCUT2D eigenvalue weighted by molar-refractivity contribution is 1.10. The summed E-state index contributed by atoms with van der Waals surface area (Å²) in [5.41, 5.74) is 0. The predicted octanol–water partition coefficient (Wildman–Crippen LogP) is 0.529. The first-order valence-corrected chi connectivity index (χ1v) is 2.62. The quantitative estimate of drug-likeness (QED) is 0.505. The zero-order valence-corrected chi connectivity index (χ0v) is 4.65. The van der Waals surface area contributed by atoms with E-state index < -0.39 is 0 Å². The predicted molar refractivity (Wildman–Crippen MR) is 31.8 cm³/mol. The fourth-order valence-electron chi connectivity index (χ4n) is 0.717. The second-order valence-corrected chi connectivity index (χ2v) is 1.69. The lowest BCUT2D eigenvalue weighted by Crippen LogP contribution is -1.83. The van der Waals surface area contributed by atoms with Gasteiger partial charge in [-0.25, -0.2) is 9.97 Å². The first kappa shape index (κ1) is 4.49. The molecule has 0 saturated heterocycles. The summed E-state index contributed by atoms with van der Waals surface area (Å²) in [5, 5.41) is 0. The molecule has 0 amide bonds. The Kier molecular flexibility index (Phi) is 0.773. The molecule has 0 bridgehead atoms. The van der Waals surface area contributed by atoms with Crippen molar-refractivity contribution in [1.29, 1.82) is 0 Å². The van der Waals surface area contributed by atoms with Crippen LogP contribution in [0.5, 0.6) is 0 Å². The maximum atomic E-state index is 3.94. The van der Waals surface area contributed by atoms with Crippen LogP contribution < -0.4 is 0 Å². The number of hydrogen-bond acceptors (Lipinski definition) is 2. The first-order valence-electron chi connectivity index (χ1n) is 2.62. The van der Waals surface area contributed by atoms with Gasteiger partial charge in [0.05, 0.1) is 6.20 Å². The lowest BCUT2D eigenvalue weighted by Gasteiger charge is -1.85. The van der Waals surface area contributed by atoms with Crippen LogP contribution in [0.15, 0.2) is 24.7 Å². The molecule has 3 nitrogen and oxygen atoms in total. The highest BCUT2D eigenvalue weighted by Crippen LogP contribution is 1.91. The van der Waals surface area contributed by atoms with Crippen LogP contribution in [-0.4, -0.2) is 14.4 Å². The minimum atomic E-state index is 0.692. The Hall–Kier alpha value is -1.38. The molecule has 43 valence electrons. The van der Waals surface area contributed by atoms with E-state index in [1.54, 1.807) is 12.3 Å². The smallest absolute Gasteiger partial charge is 0.234 e. The third-order valence-electron chi connectivity index (χ3n) is 1.12. The number of nitrogens with zero attached hydrogens (tertiary/aromatic N) is 3. The second kappa shape index (κ2) is 1.55. The molecular formula is C6H4N3. The van der Waals surface area contributed by atoms with Crippen molar-refractivity contribution in [2.75, 3.05) is 0 Å². The lowest BCUT2D eigenvalue weighted by atomic mass is 10.7. The number of fused-ring (bicyclic) bond motifs is 1. The highest BCUT2D eigenvalue weighted by atomic mass is 15.1. The van der Waals surface area contributed by atoms with Crippen molar-refractivity contribution in [1.82, 2.24) is 14.4 Å². The van der Waals surface area contributed by atoms with E-state index in [0.717, 1.165) is 0 Å². The van der Waals surface area contributed by atoms with Crippen LogP contribution >= 0.6 is 0 Å². The molecule has 0 aliphatic carbocycles. The van der Waals surface area contributed by atoms with Crippen LogP contribution in [-0.2, 0) is 0 Å². The van der Waals surface area contributed by atoms with Crippen LogP contribution in [0, 0.1) is 6.20 Å². The largest absolute Gasteiger partial charge is 0.291 e. The molecule has 0 unspecified atom stereocenters. The number of hydrogen-bond donors (Lipinski definition) is 0. The summed E-state index contributed by atoms with van der Waals surface area (Å²) < 4.78 is 1.83. The maximum absolute atomic E-state index is 3.94. The van der Waals surface area contributed by atoms with Gasteiger partial charge in [-0.3, -0.25) is 4.40 Å². The number of aromatic nitrogens is 3. The molecule has 0 saturated carbocycles. The molecule has 9 heavy (non-hydrogen) atoms. The fourth-order valence-corrected chi connectivity index (χ4v) is 0.717. The minimum absolute atomic E-state index is 0.692. The summed E-state index contributed by atoms with van der Waals surface area (Å²) in [4.78, 5) is 7.81. The first-order chi connectivity index (χ1) is 4.47. The standard InChI is InChI=1S/C6H4N3/c1-2-7-6-8-3-5-9(6)4-1/h1,3-5H. The van der Waals surface area contributed by atoms with Gasteiger partial charge in [-0.05, 0) is 6.07 Å². The summed E-state index contributed by atoms with van der Waals surface area (Å²) in [5.74, 6) is 0.692. The topological polar surface area (TPSA) is 30.2 Å². The average molecular weight is 118 g/mol. The van der Waals surface area contributed by atoms with E-state index in [0.29, 0.717) is 5.78 Å². The SMILES string of the molecule is [c]1ccn2ccnc2n1. The van der Waals surface area contributed by atoms with Crippen molar-refractivity contribution < 1.29 is 0 Å². The highest BCUT2D eigenvalue weighted by Gasteiger charge is 1.87. The molecule has 0 aliphatic heterocycles. The van der Waals surface area contributed by atoms with E-state index in [9.17, 15) is 0 Å². The van der Waals surface area contributed by atoms with Gasteiger partial charge in [-0.15, -0.1) is 0 Å². The van der Waals surface area contributed by atoms with Crippen LogP contribution in [0.4, 0.5) is 0 Å². The molecule has 0 spiro atoms. The molecule has 0 atom stereocenters. The molecule has 2 aromatic rings. The van der Waals surface area contributed by atoms with E-state index in [2.05, 4.69) is 16.2 Å².